The highest BCUT2D eigenvalue weighted by molar-refractivity contribution is 6.29. The van der Waals surface area contributed by atoms with Crippen molar-refractivity contribution < 1.29 is 19.1 Å². The molecule has 1 N–H and O–H groups in total. The molecule has 0 aliphatic heterocycles. The molecule has 16 heavy (non-hydrogen) atoms. The first kappa shape index (κ1) is 10.8. The Morgan fingerprint density at radius 2 is 2.31 bits per heavy atom. The van der Waals surface area contributed by atoms with E-state index in [1.165, 1.54) is 7.11 Å². The summed E-state index contributed by atoms with van der Waals surface area (Å²) < 4.78 is 10.4. The normalized spacial score (nSPS) is 10.6. The molecule has 84 valence electrons. The Bertz CT molecular complexity index is 544. The highest BCUT2D eigenvalue weighted by Gasteiger charge is 2.14. The largest absolute Gasteiger partial charge is 0.493 e. The number of carbonyl (C=O) groups is 1. The molecule has 0 unspecified atom stereocenters. The fourth-order valence-electron chi connectivity index (χ4n) is 1.61. The molecule has 0 radical (unpaired) electrons. The summed E-state index contributed by atoms with van der Waals surface area (Å²) in [4.78, 5) is 10.7. The molecule has 1 aromatic heterocycles. The molecule has 0 atom stereocenters. The Kier molecular flexibility index (Phi) is 2.75. The summed E-state index contributed by atoms with van der Waals surface area (Å²) in [5.41, 5.74) is 1.04. The summed E-state index contributed by atoms with van der Waals surface area (Å²) in [6.45, 7) is 0. The van der Waals surface area contributed by atoms with E-state index in [-0.39, 0.29) is 11.6 Å². The van der Waals surface area contributed by atoms with Crippen molar-refractivity contribution in [1.29, 1.82) is 0 Å². The van der Waals surface area contributed by atoms with Gasteiger partial charge >= 0.3 is 5.97 Å². The monoisotopic (exact) mass is 240 g/mol. The van der Waals surface area contributed by atoms with E-state index in [9.17, 15) is 4.79 Å². The molecule has 0 fully saturated rings. The SMILES string of the molecule is COc1c(CC(=O)O)ccc2cc(Cl)oc12. The van der Waals surface area contributed by atoms with Crippen LogP contribution in [0.5, 0.6) is 5.75 Å². The van der Waals surface area contributed by atoms with Gasteiger partial charge in [-0.25, -0.2) is 0 Å². The number of furan rings is 1. The fourth-order valence-corrected chi connectivity index (χ4v) is 1.81. The molecule has 0 saturated heterocycles. The van der Waals surface area contributed by atoms with Gasteiger partial charge in [-0.05, 0) is 11.6 Å². The fraction of sp³-hybridized carbons (Fsp3) is 0.182. The van der Waals surface area contributed by atoms with Gasteiger partial charge in [-0.3, -0.25) is 4.79 Å². The van der Waals surface area contributed by atoms with E-state index in [1.807, 2.05) is 0 Å². The van der Waals surface area contributed by atoms with Gasteiger partial charge in [0.05, 0.1) is 13.5 Å². The van der Waals surface area contributed by atoms with Gasteiger partial charge in [-0.1, -0.05) is 12.1 Å². The number of carboxylic acid groups (broad SMARTS) is 1. The second-order valence-electron chi connectivity index (χ2n) is 3.30. The van der Waals surface area contributed by atoms with Gasteiger partial charge in [0.25, 0.3) is 0 Å². The van der Waals surface area contributed by atoms with Crippen LogP contribution >= 0.6 is 11.6 Å². The molecular formula is C11H9ClO4. The average Bonchev–Trinajstić information content (AvgIpc) is 2.57. The first-order chi connectivity index (χ1) is 7.61. The van der Waals surface area contributed by atoms with Crippen molar-refractivity contribution in [1.82, 2.24) is 0 Å². The lowest BCUT2D eigenvalue weighted by Crippen LogP contribution is -2.02. The van der Waals surface area contributed by atoms with Gasteiger partial charge < -0.3 is 14.3 Å². The Morgan fingerprint density at radius 1 is 1.56 bits per heavy atom. The number of methoxy groups -OCH3 is 1. The lowest BCUT2D eigenvalue weighted by molar-refractivity contribution is -0.136. The summed E-state index contributed by atoms with van der Waals surface area (Å²) in [6.07, 6.45) is -0.114. The third-order valence-electron chi connectivity index (χ3n) is 2.24. The lowest BCUT2D eigenvalue weighted by Gasteiger charge is -2.06. The van der Waals surface area contributed by atoms with Crippen LogP contribution in [0.4, 0.5) is 0 Å². The van der Waals surface area contributed by atoms with Crippen LogP contribution in [-0.2, 0) is 11.2 Å². The predicted octanol–water partition coefficient (Wildman–Crippen LogP) is 2.72. The topological polar surface area (TPSA) is 59.7 Å². The number of aliphatic carboxylic acids is 1. The van der Waals surface area contributed by atoms with Gasteiger partial charge in [0.15, 0.2) is 16.6 Å². The maximum Gasteiger partial charge on any atom is 0.307 e. The highest BCUT2D eigenvalue weighted by Crippen LogP contribution is 2.34. The van der Waals surface area contributed by atoms with Crippen molar-refractivity contribution in [3.63, 3.8) is 0 Å². The molecule has 1 heterocycles. The molecule has 0 spiro atoms. The molecule has 2 rings (SSSR count). The molecule has 1 aromatic carbocycles. The number of ether oxygens (including phenoxy) is 1. The summed E-state index contributed by atoms with van der Waals surface area (Å²) in [6, 6.07) is 5.11. The number of hydrogen-bond acceptors (Lipinski definition) is 3. The second kappa shape index (κ2) is 4.06. The smallest absolute Gasteiger partial charge is 0.307 e. The third-order valence-corrected chi connectivity index (χ3v) is 2.42. The van der Waals surface area contributed by atoms with Gasteiger partial charge in [-0.15, -0.1) is 0 Å². The van der Waals surface area contributed by atoms with Crippen LogP contribution in [0.2, 0.25) is 5.22 Å². The molecule has 0 aliphatic rings. The third kappa shape index (κ3) is 1.84. The van der Waals surface area contributed by atoms with Crippen LogP contribution in [0.15, 0.2) is 22.6 Å². The first-order valence-corrected chi connectivity index (χ1v) is 4.96. The zero-order valence-corrected chi connectivity index (χ0v) is 9.25. The Labute approximate surface area is 96.4 Å². The van der Waals surface area contributed by atoms with Crippen LogP contribution in [0.1, 0.15) is 5.56 Å². The van der Waals surface area contributed by atoms with Crippen molar-refractivity contribution in [3.8, 4) is 5.75 Å². The van der Waals surface area contributed by atoms with E-state index in [1.54, 1.807) is 18.2 Å². The van der Waals surface area contributed by atoms with E-state index >= 15 is 0 Å². The van der Waals surface area contributed by atoms with Gasteiger partial charge in [0, 0.05) is 17.0 Å². The summed E-state index contributed by atoms with van der Waals surface area (Å²) in [5.74, 6) is -0.498. The number of rotatable bonds is 3. The second-order valence-corrected chi connectivity index (χ2v) is 3.67. The average molecular weight is 241 g/mol. The van der Waals surface area contributed by atoms with E-state index in [0.717, 1.165) is 5.39 Å². The molecule has 0 bridgehead atoms. The summed E-state index contributed by atoms with van der Waals surface area (Å²) >= 11 is 5.73. The lowest BCUT2D eigenvalue weighted by atomic mass is 10.1. The first-order valence-electron chi connectivity index (χ1n) is 4.58. The van der Waals surface area contributed by atoms with Crippen molar-refractivity contribution in [3.05, 3.63) is 29.0 Å². The minimum atomic E-state index is -0.921. The standard InChI is InChI=1S/C11H9ClO4/c1-15-10-7(5-9(13)14)3-2-6-4-8(12)16-11(6)10/h2-4H,5H2,1H3,(H,13,14). The van der Waals surface area contributed by atoms with Crippen LogP contribution in [0.3, 0.4) is 0 Å². The maximum atomic E-state index is 10.7. The van der Waals surface area contributed by atoms with Gasteiger partial charge in [0.1, 0.15) is 0 Å². The minimum Gasteiger partial charge on any atom is -0.493 e. The molecule has 0 saturated carbocycles. The van der Waals surface area contributed by atoms with Crippen molar-refractivity contribution in [2.75, 3.05) is 7.11 Å². The van der Waals surface area contributed by atoms with E-state index in [0.29, 0.717) is 16.9 Å². The number of fused-ring (bicyclic) bond motifs is 1. The summed E-state index contributed by atoms with van der Waals surface area (Å²) in [7, 11) is 1.47. The van der Waals surface area contributed by atoms with E-state index < -0.39 is 5.97 Å². The molecule has 0 aliphatic carbocycles. The summed E-state index contributed by atoms with van der Waals surface area (Å²) in [5, 5.41) is 9.79. The van der Waals surface area contributed by atoms with Crippen LogP contribution in [-0.4, -0.2) is 18.2 Å². The predicted molar refractivity (Wildman–Crippen MR) is 59.1 cm³/mol. The minimum absolute atomic E-state index is 0.114. The number of halogens is 1. The highest BCUT2D eigenvalue weighted by atomic mass is 35.5. The van der Waals surface area contributed by atoms with Crippen LogP contribution < -0.4 is 4.74 Å². The Hall–Kier alpha value is -1.68. The van der Waals surface area contributed by atoms with Crippen molar-refractivity contribution >= 4 is 28.5 Å². The molecule has 2 aromatic rings. The van der Waals surface area contributed by atoms with Crippen LogP contribution in [0, 0.1) is 0 Å². The molecule has 0 amide bonds. The number of carboxylic acids is 1. The van der Waals surface area contributed by atoms with Crippen molar-refractivity contribution in [2.45, 2.75) is 6.42 Å². The number of hydrogen-bond donors (Lipinski definition) is 1. The van der Waals surface area contributed by atoms with Gasteiger partial charge in [0.2, 0.25) is 0 Å². The van der Waals surface area contributed by atoms with Crippen LogP contribution in [0.25, 0.3) is 11.0 Å². The Morgan fingerprint density at radius 3 is 2.94 bits per heavy atom. The Balaban J connectivity index is 2.62. The zero-order valence-electron chi connectivity index (χ0n) is 8.49. The molecule has 4 nitrogen and oxygen atoms in total. The van der Waals surface area contributed by atoms with E-state index in [2.05, 4.69) is 0 Å². The quantitative estimate of drug-likeness (QED) is 0.896. The molecular weight excluding hydrogens is 232 g/mol. The molecule has 5 heteroatoms. The van der Waals surface area contributed by atoms with E-state index in [4.69, 9.17) is 25.9 Å². The van der Waals surface area contributed by atoms with Gasteiger partial charge in [-0.2, -0.15) is 0 Å². The zero-order chi connectivity index (χ0) is 11.7. The van der Waals surface area contributed by atoms with Crippen molar-refractivity contribution in [2.24, 2.45) is 0 Å². The number of benzene rings is 1. The maximum absolute atomic E-state index is 10.7.